The molecule has 1 saturated carbocycles. The van der Waals surface area contributed by atoms with E-state index in [2.05, 4.69) is 33.9 Å². The first kappa shape index (κ1) is 28.9. The highest BCUT2D eigenvalue weighted by molar-refractivity contribution is 5.94. The average Bonchev–Trinajstić information content (AvgIpc) is 3.76. The van der Waals surface area contributed by atoms with Gasteiger partial charge in [-0.2, -0.15) is 0 Å². The third kappa shape index (κ3) is 5.57. The van der Waals surface area contributed by atoms with Gasteiger partial charge in [0.25, 0.3) is 5.91 Å². The first-order valence-corrected chi connectivity index (χ1v) is 16.1. The summed E-state index contributed by atoms with van der Waals surface area (Å²) in [7, 11) is 0. The van der Waals surface area contributed by atoms with Crippen LogP contribution in [0.3, 0.4) is 0 Å². The Bertz CT molecular complexity index is 1540. The highest BCUT2D eigenvalue weighted by Gasteiger charge is 2.50. The fourth-order valence-electron chi connectivity index (χ4n) is 7.65. The van der Waals surface area contributed by atoms with Crippen LogP contribution in [0.15, 0.2) is 54.9 Å². The van der Waals surface area contributed by atoms with Crippen molar-refractivity contribution in [3.8, 4) is 0 Å². The summed E-state index contributed by atoms with van der Waals surface area (Å²) < 4.78 is 27.1. The molecule has 44 heavy (non-hydrogen) atoms. The summed E-state index contributed by atoms with van der Waals surface area (Å²) in [4.78, 5) is 42.4. The molecule has 1 aromatic heterocycles. The van der Waals surface area contributed by atoms with E-state index in [1.807, 2.05) is 34.3 Å². The number of amides is 2. The molecule has 0 radical (unpaired) electrons. The zero-order valence-corrected chi connectivity index (χ0v) is 25.2. The Kier molecular flexibility index (Phi) is 7.81. The van der Waals surface area contributed by atoms with E-state index in [0.717, 1.165) is 68.3 Å². The van der Waals surface area contributed by atoms with Gasteiger partial charge in [0.05, 0.1) is 0 Å². The van der Waals surface area contributed by atoms with Gasteiger partial charge in [0.2, 0.25) is 11.9 Å². The van der Waals surface area contributed by atoms with E-state index in [-0.39, 0.29) is 35.6 Å². The minimum absolute atomic E-state index is 0.0430. The van der Waals surface area contributed by atoms with Crippen molar-refractivity contribution < 1.29 is 18.4 Å². The predicted octanol–water partition coefficient (Wildman–Crippen LogP) is 5.57. The summed E-state index contributed by atoms with van der Waals surface area (Å²) in [5.74, 6) is -0.296. The fraction of sp³-hybridized carbons (Fsp3) is 0.486. The van der Waals surface area contributed by atoms with Crippen LogP contribution in [-0.2, 0) is 11.2 Å². The van der Waals surface area contributed by atoms with Crippen molar-refractivity contribution in [2.24, 2.45) is 11.8 Å². The molecule has 0 spiro atoms. The van der Waals surface area contributed by atoms with Crippen molar-refractivity contribution in [1.82, 2.24) is 19.8 Å². The largest absolute Gasteiger partial charge is 0.341 e. The maximum atomic E-state index is 13.7. The molecular formula is C35H39F2N5O2. The Morgan fingerprint density at radius 3 is 2.43 bits per heavy atom. The Morgan fingerprint density at radius 1 is 0.886 bits per heavy atom. The van der Waals surface area contributed by atoms with E-state index < -0.39 is 11.6 Å². The van der Waals surface area contributed by atoms with Crippen LogP contribution >= 0.6 is 0 Å². The van der Waals surface area contributed by atoms with Crippen LogP contribution in [0.1, 0.15) is 77.9 Å². The van der Waals surface area contributed by atoms with Crippen molar-refractivity contribution in [2.45, 2.75) is 63.3 Å². The van der Waals surface area contributed by atoms with Crippen molar-refractivity contribution in [2.75, 3.05) is 37.6 Å². The number of anilines is 1. The highest BCUT2D eigenvalue weighted by Crippen LogP contribution is 2.50. The van der Waals surface area contributed by atoms with Gasteiger partial charge in [0.1, 0.15) is 0 Å². The van der Waals surface area contributed by atoms with E-state index in [0.29, 0.717) is 37.5 Å². The summed E-state index contributed by atoms with van der Waals surface area (Å²) in [5.41, 5.74) is 3.79. The molecule has 3 aromatic rings. The lowest BCUT2D eigenvalue weighted by Crippen LogP contribution is -2.49. The van der Waals surface area contributed by atoms with Crippen molar-refractivity contribution >= 4 is 17.8 Å². The van der Waals surface area contributed by atoms with Crippen molar-refractivity contribution in [1.29, 1.82) is 0 Å². The maximum absolute atomic E-state index is 13.7. The molecule has 4 atom stereocenters. The van der Waals surface area contributed by atoms with Gasteiger partial charge in [-0.3, -0.25) is 9.59 Å². The molecule has 9 heteroatoms. The number of carbonyl (C=O) groups excluding carboxylic acids is 2. The third-order valence-electron chi connectivity index (χ3n) is 10.4. The van der Waals surface area contributed by atoms with Crippen LogP contribution < -0.4 is 4.90 Å². The van der Waals surface area contributed by atoms with Gasteiger partial charge in [-0.1, -0.05) is 25.1 Å². The first-order valence-electron chi connectivity index (χ1n) is 16.1. The number of benzene rings is 2. The van der Waals surface area contributed by atoms with Gasteiger partial charge in [-0.15, -0.1) is 0 Å². The Balaban J connectivity index is 0.938. The molecule has 3 saturated heterocycles. The minimum Gasteiger partial charge on any atom is -0.341 e. The van der Waals surface area contributed by atoms with Crippen LogP contribution in [0, 0.1) is 23.5 Å². The fourth-order valence-corrected chi connectivity index (χ4v) is 7.65. The normalized spacial score (nSPS) is 25.2. The zero-order valence-electron chi connectivity index (χ0n) is 25.2. The molecule has 2 amide bonds. The molecule has 7 rings (SSSR count). The SMILES string of the molecule is CCc1cnc(N2CCC(c3cccc(C(=O)N4CC[C@@H]5[C@H](CCN5C(=O)C5CC5c5ccc(F)c(F)c5)C4)c3)CC2)nc1. The molecule has 3 aliphatic heterocycles. The number of nitrogens with zero attached hydrogens (tertiary/aromatic N) is 5. The van der Waals surface area contributed by atoms with E-state index in [9.17, 15) is 18.4 Å². The van der Waals surface area contributed by atoms with Gasteiger partial charge in [0.15, 0.2) is 11.6 Å². The molecular weight excluding hydrogens is 560 g/mol. The minimum atomic E-state index is -0.863. The van der Waals surface area contributed by atoms with Crippen LogP contribution in [0.2, 0.25) is 0 Å². The van der Waals surface area contributed by atoms with Crippen molar-refractivity contribution in [3.05, 3.63) is 88.7 Å². The molecule has 0 bridgehead atoms. The molecule has 0 N–H and O–H groups in total. The molecule has 2 aromatic carbocycles. The van der Waals surface area contributed by atoms with Crippen molar-refractivity contribution in [3.63, 3.8) is 0 Å². The van der Waals surface area contributed by atoms with E-state index >= 15 is 0 Å². The smallest absolute Gasteiger partial charge is 0.253 e. The number of rotatable bonds is 6. The molecule has 4 heterocycles. The van der Waals surface area contributed by atoms with Gasteiger partial charge < -0.3 is 14.7 Å². The number of hydrogen-bond donors (Lipinski definition) is 0. The van der Waals surface area contributed by atoms with Gasteiger partial charge in [-0.25, -0.2) is 18.7 Å². The number of carbonyl (C=O) groups is 2. The predicted molar refractivity (Wildman–Crippen MR) is 163 cm³/mol. The average molecular weight is 600 g/mol. The number of likely N-dealkylation sites (tertiary alicyclic amines) is 2. The molecule has 2 unspecified atom stereocenters. The molecule has 4 fully saturated rings. The number of aryl methyl sites for hydroxylation is 1. The summed E-state index contributed by atoms with van der Waals surface area (Å²) in [5, 5.41) is 0. The lowest BCUT2D eigenvalue weighted by atomic mass is 9.88. The lowest BCUT2D eigenvalue weighted by molar-refractivity contribution is -0.134. The zero-order chi connectivity index (χ0) is 30.4. The summed E-state index contributed by atoms with van der Waals surface area (Å²) >= 11 is 0. The molecule has 4 aliphatic rings. The van der Waals surface area contributed by atoms with E-state index in [4.69, 9.17) is 0 Å². The summed E-state index contributed by atoms with van der Waals surface area (Å²) in [6.45, 7) is 5.86. The Hall–Kier alpha value is -3.88. The number of halogens is 2. The summed E-state index contributed by atoms with van der Waals surface area (Å²) in [6.07, 6.45) is 9.06. The van der Waals surface area contributed by atoms with Crippen LogP contribution in [0.5, 0.6) is 0 Å². The van der Waals surface area contributed by atoms with Gasteiger partial charge in [0, 0.05) is 62.6 Å². The quantitative estimate of drug-likeness (QED) is 0.371. The monoisotopic (exact) mass is 599 g/mol. The van der Waals surface area contributed by atoms with Gasteiger partial charge in [-0.05, 0) is 97.2 Å². The summed E-state index contributed by atoms with van der Waals surface area (Å²) in [6, 6.07) is 12.2. The third-order valence-corrected chi connectivity index (χ3v) is 10.4. The standard InChI is InChI=1S/C35H39F2N5O2/c1-2-22-19-38-35(39-20-22)40-12-8-23(9-13-40)24-4-3-5-26(16-24)33(43)41-14-11-32-27(21-41)10-15-42(32)34(44)29-18-28(29)25-6-7-30(36)31(37)17-25/h3-7,16-17,19-20,23,27-29,32H,2,8-15,18,21H2,1H3/t27-,28?,29?,32-/m1/s1. The Morgan fingerprint density at radius 2 is 1.68 bits per heavy atom. The lowest BCUT2D eigenvalue weighted by Gasteiger charge is -2.38. The van der Waals surface area contributed by atoms with E-state index in [1.54, 1.807) is 6.07 Å². The number of piperidine rings is 2. The Labute approximate surface area is 257 Å². The number of aromatic nitrogens is 2. The number of fused-ring (bicyclic) bond motifs is 1. The second-order valence-corrected chi connectivity index (χ2v) is 12.9. The molecule has 1 aliphatic carbocycles. The van der Waals surface area contributed by atoms with Gasteiger partial charge >= 0.3 is 0 Å². The van der Waals surface area contributed by atoms with Crippen LogP contribution in [0.4, 0.5) is 14.7 Å². The second-order valence-electron chi connectivity index (χ2n) is 12.9. The number of hydrogen-bond acceptors (Lipinski definition) is 5. The molecule has 230 valence electrons. The maximum Gasteiger partial charge on any atom is 0.253 e. The van der Waals surface area contributed by atoms with E-state index in [1.165, 1.54) is 11.6 Å². The first-order chi connectivity index (χ1) is 21.4. The molecule has 7 nitrogen and oxygen atoms in total. The van der Waals surface area contributed by atoms with Crippen LogP contribution in [-0.4, -0.2) is 70.3 Å². The highest BCUT2D eigenvalue weighted by atomic mass is 19.2. The topological polar surface area (TPSA) is 69.6 Å². The van der Waals surface area contributed by atoms with Crippen LogP contribution in [0.25, 0.3) is 0 Å². The second kappa shape index (κ2) is 11.9.